The Kier molecular flexibility index (Phi) is 3.61. The SMILES string of the molecule is c1cnc2c(c1)nc(CC1CCOCC1)n2C1CCOC1. The third kappa shape index (κ3) is 2.56. The molecule has 2 aliphatic rings. The van der Waals surface area contributed by atoms with Crippen LogP contribution in [0.3, 0.4) is 0 Å². The third-order valence-electron chi connectivity index (χ3n) is 4.60. The second kappa shape index (κ2) is 5.73. The molecule has 0 N–H and O–H groups in total. The molecule has 2 saturated heterocycles. The summed E-state index contributed by atoms with van der Waals surface area (Å²) in [6.07, 6.45) is 6.21. The molecule has 2 aromatic rings. The summed E-state index contributed by atoms with van der Waals surface area (Å²) in [6.45, 7) is 3.39. The van der Waals surface area contributed by atoms with Gasteiger partial charge in [0.15, 0.2) is 5.65 Å². The number of rotatable bonds is 3. The predicted molar refractivity (Wildman–Crippen MR) is 79.2 cm³/mol. The predicted octanol–water partition coefficient (Wildman–Crippen LogP) is 2.36. The van der Waals surface area contributed by atoms with Gasteiger partial charge in [0, 0.05) is 32.4 Å². The van der Waals surface area contributed by atoms with E-state index in [9.17, 15) is 0 Å². The molecule has 0 bridgehead atoms. The highest BCUT2D eigenvalue weighted by molar-refractivity contribution is 5.71. The Morgan fingerprint density at radius 1 is 1.14 bits per heavy atom. The van der Waals surface area contributed by atoms with Gasteiger partial charge in [-0.15, -0.1) is 0 Å². The van der Waals surface area contributed by atoms with Crippen LogP contribution in [0.1, 0.15) is 31.1 Å². The summed E-state index contributed by atoms with van der Waals surface area (Å²) in [4.78, 5) is 9.42. The van der Waals surface area contributed by atoms with Crippen LogP contribution in [0.4, 0.5) is 0 Å². The molecule has 1 atom stereocenters. The lowest BCUT2D eigenvalue weighted by molar-refractivity contribution is 0.0656. The molecule has 5 nitrogen and oxygen atoms in total. The highest BCUT2D eigenvalue weighted by Crippen LogP contribution is 2.28. The fourth-order valence-electron chi connectivity index (χ4n) is 3.44. The zero-order chi connectivity index (χ0) is 14.1. The Labute approximate surface area is 124 Å². The molecule has 0 aliphatic carbocycles. The monoisotopic (exact) mass is 287 g/mol. The van der Waals surface area contributed by atoms with E-state index >= 15 is 0 Å². The third-order valence-corrected chi connectivity index (χ3v) is 4.60. The second-order valence-electron chi connectivity index (χ2n) is 6.02. The standard InChI is InChI=1S/C16H21N3O2/c1-2-14-16(17-6-1)19(13-5-9-21-11-13)15(18-14)10-12-3-7-20-8-4-12/h1-2,6,12-13H,3-5,7-11H2. The topological polar surface area (TPSA) is 49.2 Å². The van der Waals surface area contributed by atoms with Gasteiger partial charge in [-0.2, -0.15) is 0 Å². The van der Waals surface area contributed by atoms with E-state index in [1.807, 2.05) is 12.3 Å². The average molecular weight is 287 g/mol. The number of aromatic nitrogens is 3. The van der Waals surface area contributed by atoms with Gasteiger partial charge in [-0.05, 0) is 37.3 Å². The number of pyridine rings is 1. The summed E-state index contributed by atoms with van der Waals surface area (Å²) in [6, 6.07) is 4.41. The molecular weight excluding hydrogens is 266 g/mol. The lowest BCUT2D eigenvalue weighted by Gasteiger charge is -2.23. The van der Waals surface area contributed by atoms with E-state index in [1.54, 1.807) is 0 Å². The number of imidazole rings is 1. The average Bonchev–Trinajstić information content (AvgIpc) is 3.14. The minimum atomic E-state index is 0.389. The fraction of sp³-hybridized carbons (Fsp3) is 0.625. The van der Waals surface area contributed by atoms with Crippen molar-refractivity contribution < 1.29 is 9.47 Å². The van der Waals surface area contributed by atoms with Gasteiger partial charge >= 0.3 is 0 Å². The number of hydrogen-bond donors (Lipinski definition) is 0. The Hall–Kier alpha value is -1.46. The van der Waals surface area contributed by atoms with Crippen molar-refractivity contribution in [2.24, 2.45) is 5.92 Å². The maximum Gasteiger partial charge on any atom is 0.160 e. The van der Waals surface area contributed by atoms with Gasteiger partial charge in [0.05, 0.1) is 12.6 Å². The van der Waals surface area contributed by atoms with Crippen LogP contribution >= 0.6 is 0 Å². The number of hydrogen-bond acceptors (Lipinski definition) is 4. The van der Waals surface area contributed by atoms with Crippen LogP contribution in [-0.4, -0.2) is 41.0 Å². The Balaban J connectivity index is 1.70. The van der Waals surface area contributed by atoms with E-state index in [0.29, 0.717) is 12.0 Å². The molecule has 112 valence electrons. The van der Waals surface area contributed by atoms with Crippen LogP contribution < -0.4 is 0 Å². The summed E-state index contributed by atoms with van der Waals surface area (Å²) >= 11 is 0. The van der Waals surface area contributed by atoms with Gasteiger partial charge in [-0.25, -0.2) is 9.97 Å². The van der Waals surface area contributed by atoms with E-state index in [-0.39, 0.29) is 0 Å². The van der Waals surface area contributed by atoms with Crippen molar-refractivity contribution in [3.05, 3.63) is 24.2 Å². The first kappa shape index (κ1) is 13.2. The van der Waals surface area contributed by atoms with Crippen LogP contribution in [0, 0.1) is 5.92 Å². The Morgan fingerprint density at radius 2 is 2.00 bits per heavy atom. The van der Waals surface area contributed by atoms with E-state index in [2.05, 4.69) is 15.6 Å². The first-order valence-corrected chi connectivity index (χ1v) is 7.89. The zero-order valence-corrected chi connectivity index (χ0v) is 12.2. The maximum atomic E-state index is 5.58. The smallest absolute Gasteiger partial charge is 0.160 e. The minimum absolute atomic E-state index is 0.389. The van der Waals surface area contributed by atoms with Crippen molar-refractivity contribution >= 4 is 11.2 Å². The lowest BCUT2D eigenvalue weighted by Crippen LogP contribution is -2.21. The molecule has 4 heterocycles. The summed E-state index contributed by atoms with van der Waals surface area (Å²) in [7, 11) is 0. The molecule has 2 aromatic heterocycles. The normalized spacial score (nSPS) is 23.9. The van der Waals surface area contributed by atoms with E-state index < -0.39 is 0 Å². The highest BCUT2D eigenvalue weighted by Gasteiger charge is 2.25. The zero-order valence-electron chi connectivity index (χ0n) is 12.2. The van der Waals surface area contributed by atoms with Crippen LogP contribution in [0.25, 0.3) is 11.2 Å². The summed E-state index contributed by atoms with van der Waals surface area (Å²) in [5.41, 5.74) is 2.02. The Bertz CT molecular complexity index is 613. The molecule has 0 radical (unpaired) electrons. The summed E-state index contributed by atoms with van der Waals surface area (Å²) in [5, 5.41) is 0. The van der Waals surface area contributed by atoms with Crippen LogP contribution in [0.2, 0.25) is 0 Å². The molecular formula is C16H21N3O2. The minimum Gasteiger partial charge on any atom is -0.381 e. The molecule has 4 rings (SSSR count). The summed E-state index contributed by atoms with van der Waals surface area (Å²) in [5.74, 6) is 1.85. The van der Waals surface area contributed by atoms with Gasteiger partial charge in [0.1, 0.15) is 11.3 Å². The van der Waals surface area contributed by atoms with Crippen molar-refractivity contribution in [3.63, 3.8) is 0 Å². The van der Waals surface area contributed by atoms with Crippen LogP contribution in [-0.2, 0) is 15.9 Å². The molecule has 5 heteroatoms. The largest absolute Gasteiger partial charge is 0.381 e. The van der Waals surface area contributed by atoms with Crippen molar-refractivity contribution in [2.45, 2.75) is 31.7 Å². The van der Waals surface area contributed by atoms with Gasteiger partial charge in [0.2, 0.25) is 0 Å². The summed E-state index contributed by atoms with van der Waals surface area (Å²) < 4.78 is 13.4. The molecule has 21 heavy (non-hydrogen) atoms. The Morgan fingerprint density at radius 3 is 2.81 bits per heavy atom. The van der Waals surface area contributed by atoms with Gasteiger partial charge in [-0.3, -0.25) is 0 Å². The number of nitrogens with zero attached hydrogens (tertiary/aromatic N) is 3. The van der Waals surface area contributed by atoms with Crippen molar-refractivity contribution in [1.29, 1.82) is 0 Å². The van der Waals surface area contributed by atoms with Gasteiger partial charge in [0.25, 0.3) is 0 Å². The van der Waals surface area contributed by atoms with Gasteiger partial charge < -0.3 is 14.0 Å². The van der Waals surface area contributed by atoms with Crippen LogP contribution in [0.15, 0.2) is 18.3 Å². The molecule has 2 fully saturated rings. The fourth-order valence-corrected chi connectivity index (χ4v) is 3.44. The molecule has 0 aromatic carbocycles. The van der Waals surface area contributed by atoms with E-state index in [4.69, 9.17) is 14.5 Å². The van der Waals surface area contributed by atoms with E-state index in [1.165, 1.54) is 5.82 Å². The molecule has 0 amide bonds. The lowest BCUT2D eigenvalue weighted by atomic mass is 9.96. The molecule has 0 saturated carbocycles. The van der Waals surface area contributed by atoms with Crippen molar-refractivity contribution in [2.75, 3.05) is 26.4 Å². The van der Waals surface area contributed by atoms with E-state index in [0.717, 1.165) is 63.3 Å². The molecule has 0 spiro atoms. The number of fused-ring (bicyclic) bond motifs is 1. The molecule has 2 aliphatic heterocycles. The van der Waals surface area contributed by atoms with Gasteiger partial charge in [-0.1, -0.05) is 0 Å². The maximum absolute atomic E-state index is 5.58. The molecule has 1 unspecified atom stereocenters. The first-order valence-electron chi connectivity index (χ1n) is 7.89. The van der Waals surface area contributed by atoms with Crippen molar-refractivity contribution in [1.82, 2.24) is 14.5 Å². The highest BCUT2D eigenvalue weighted by atomic mass is 16.5. The van der Waals surface area contributed by atoms with Crippen LogP contribution in [0.5, 0.6) is 0 Å². The number of ether oxygens (including phenoxy) is 2. The van der Waals surface area contributed by atoms with Crippen molar-refractivity contribution in [3.8, 4) is 0 Å². The first-order chi connectivity index (χ1) is 10.4. The second-order valence-corrected chi connectivity index (χ2v) is 6.02. The quantitative estimate of drug-likeness (QED) is 0.869.